The van der Waals surface area contributed by atoms with Crippen molar-refractivity contribution in [2.45, 2.75) is 57.8 Å². The van der Waals surface area contributed by atoms with Gasteiger partial charge < -0.3 is 14.1 Å². The van der Waals surface area contributed by atoms with E-state index in [2.05, 4.69) is 44.8 Å². The van der Waals surface area contributed by atoms with Gasteiger partial charge in [-0.05, 0) is 44.7 Å². The number of ether oxygens (including phenoxy) is 1. The molecule has 4 nitrogen and oxygen atoms in total. The molecule has 0 unspecified atom stereocenters. The Morgan fingerprint density at radius 3 is 2.33 bits per heavy atom. The van der Waals surface area contributed by atoms with Crippen molar-refractivity contribution in [2.75, 3.05) is 21.2 Å². The van der Waals surface area contributed by atoms with Crippen LogP contribution in [0.2, 0.25) is 18.1 Å². The zero-order chi connectivity index (χ0) is 16.4. The summed E-state index contributed by atoms with van der Waals surface area (Å²) in [7, 11) is 3.63. The van der Waals surface area contributed by atoms with E-state index in [1.807, 2.05) is 14.1 Å². The summed E-state index contributed by atoms with van der Waals surface area (Å²) in [6.45, 7) is 11.2. The van der Waals surface area contributed by atoms with Crippen LogP contribution in [0.3, 0.4) is 0 Å². The predicted octanol–water partition coefficient (Wildman–Crippen LogP) is 3.41. The second-order valence-corrected chi connectivity index (χ2v) is 12.3. The van der Waals surface area contributed by atoms with Crippen LogP contribution < -0.4 is 0 Å². The number of hydrogen-bond donors (Lipinski definition) is 0. The molecule has 1 aliphatic carbocycles. The van der Waals surface area contributed by atoms with Crippen LogP contribution in [0.25, 0.3) is 0 Å². The molecule has 0 aliphatic heterocycles. The largest absolute Gasteiger partial charge is 0.547 e. The Morgan fingerprint density at radius 1 is 1.33 bits per heavy atom. The molecule has 0 aromatic heterocycles. The maximum absolute atomic E-state index is 11.9. The van der Waals surface area contributed by atoms with Crippen LogP contribution in [0.5, 0.6) is 0 Å². The third kappa shape index (κ3) is 4.33. The van der Waals surface area contributed by atoms with Gasteiger partial charge in [0.1, 0.15) is 0 Å². The zero-order valence-electron chi connectivity index (χ0n) is 14.8. The van der Waals surface area contributed by atoms with Gasteiger partial charge in [-0.3, -0.25) is 4.79 Å². The van der Waals surface area contributed by atoms with Gasteiger partial charge in [0.25, 0.3) is 0 Å². The molecule has 0 amide bonds. The standard InChI is InChI=1S/C16H31NO3Si/c1-16(2,3)21(7,8)20-12-9-10-13(15(18)19-6)14(11-12)17(4)5/h11,13-14H,9-10H2,1-8H3/t13-,14-/m0/s1. The first-order chi connectivity index (χ1) is 9.49. The van der Waals surface area contributed by atoms with Crippen molar-refractivity contribution in [2.24, 2.45) is 5.92 Å². The van der Waals surface area contributed by atoms with Crippen molar-refractivity contribution in [3.05, 3.63) is 11.8 Å². The molecule has 1 rings (SSSR count). The van der Waals surface area contributed by atoms with Crippen LogP contribution in [0.1, 0.15) is 33.6 Å². The zero-order valence-corrected chi connectivity index (χ0v) is 15.8. The van der Waals surface area contributed by atoms with Crippen molar-refractivity contribution in [3.8, 4) is 0 Å². The molecule has 0 saturated heterocycles. The van der Waals surface area contributed by atoms with E-state index in [1.54, 1.807) is 0 Å². The maximum atomic E-state index is 11.9. The summed E-state index contributed by atoms with van der Waals surface area (Å²) in [5.74, 6) is 0.813. The van der Waals surface area contributed by atoms with E-state index in [0.29, 0.717) is 0 Å². The van der Waals surface area contributed by atoms with Gasteiger partial charge in [0.05, 0.1) is 18.8 Å². The molecule has 5 heteroatoms. The van der Waals surface area contributed by atoms with E-state index in [9.17, 15) is 4.79 Å². The third-order valence-electron chi connectivity index (χ3n) is 4.76. The fourth-order valence-corrected chi connectivity index (χ4v) is 3.47. The lowest BCUT2D eigenvalue weighted by Gasteiger charge is -2.40. The maximum Gasteiger partial charge on any atom is 0.310 e. The van der Waals surface area contributed by atoms with E-state index in [0.717, 1.165) is 18.6 Å². The van der Waals surface area contributed by atoms with E-state index < -0.39 is 8.32 Å². The molecule has 0 aromatic rings. The van der Waals surface area contributed by atoms with Gasteiger partial charge in [-0.15, -0.1) is 0 Å². The molecule has 0 N–H and O–H groups in total. The van der Waals surface area contributed by atoms with Crippen molar-refractivity contribution in [1.29, 1.82) is 0 Å². The monoisotopic (exact) mass is 313 g/mol. The summed E-state index contributed by atoms with van der Waals surface area (Å²) in [6.07, 6.45) is 3.72. The minimum absolute atomic E-state index is 0.0472. The summed E-state index contributed by atoms with van der Waals surface area (Å²) in [5.41, 5.74) is 0. The number of methoxy groups -OCH3 is 1. The Morgan fingerprint density at radius 2 is 1.90 bits per heavy atom. The minimum Gasteiger partial charge on any atom is -0.547 e. The van der Waals surface area contributed by atoms with Crippen LogP contribution >= 0.6 is 0 Å². The SMILES string of the molecule is COC(=O)[C@H]1CCC(O[Si](C)(C)C(C)(C)C)=C[C@@H]1N(C)C. The summed E-state index contributed by atoms with van der Waals surface area (Å²) in [5, 5.41) is 0.181. The normalized spacial score (nSPS) is 23.8. The first kappa shape index (κ1) is 18.2. The first-order valence-corrected chi connectivity index (χ1v) is 10.5. The number of hydrogen-bond acceptors (Lipinski definition) is 4. The highest BCUT2D eigenvalue weighted by Crippen LogP contribution is 2.40. The number of likely N-dealkylation sites (N-methyl/N-ethyl adjacent to an activating group) is 1. The Balaban J connectivity index is 2.94. The molecule has 0 aromatic carbocycles. The highest BCUT2D eigenvalue weighted by atomic mass is 28.4. The van der Waals surface area contributed by atoms with Crippen molar-refractivity contribution >= 4 is 14.3 Å². The number of esters is 1. The average Bonchev–Trinajstić information content (AvgIpc) is 2.35. The van der Waals surface area contributed by atoms with Crippen LogP contribution in [-0.4, -0.2) is 46.4 Å². The van der Waals surface area contributed by atoms with Crippen LogP contribution in [0.15, 0.2) is 11.8 Å². The molecular weight excluding hydrogens is 282 g/mol. The molecule has 2 atom stereocenters. The molecule has 0 saturated carbocycles. The van der Waals surface area contributed by atoms with Gasteiger partial charge in [-0.1, -0.05) is 20.8 Å². The smallest absolute Gasteiger partial charge is 0.310 e. The van der Waals surface area contributed by atoms with Gasteiger partial charge >= 0.3 is 5.97 Å². The number of allylic oxidation sites excluding steroid dienone is 1. The molecule has 0 heterocycles. The van der Waals surface area contributed by atoms with Gasteiger partial charge in [0.2, 0.25) is 8.32 Å². The molecular formula is C16H31NO3Si. The Hall–Kier alpha value is -0.813. The summed E-state index contributed by atoms with van der Waals surface area (Å²) >= 11 is 0. The van der Waals surface area contributed by atoms with Crippen molar-refractivity contribution in [1.82, 2.24) is 4.90 Å². The number of carbonyl (C=O) groups excluding carboxylic acids is 1. The van der Waals surface area contributed by atoms with E-state index >= 15 is 0 Å². The van der Waals surface area contributed by atoms with Gasteiger partial charge in [-0.25, -0.2) is 0 Å². The molecule has 21 heavy (non-hydrogen) atoms. The fraction of sp³-hybridized carbons (Fsp3) is 0.812. The van der Waals surface area contributed by atoms with Gasteiger partial charge in [-0.2, -0.15) is 0 Å². The Bertz CT molecular complexity index is 410. The predicted molar refractivity (Wildman–Crippen MR) is 88.6 cm³/mol. The number of carbonyl (C=O) groups is 1. The number of nitrogens with zero attached hydrogens (tertiary/aromatic N) is 1. The molecule has 1 aliphatic rings. The Labute approximate surface area is 130 Å². The van der Waals surface area contributed by atoms with Crippen LogP contribution in [-0.2, 0) is 14.0 Å². The molecule has 0 radical (unpaired) electrons. The molecule has 122 valence electrons. The second kappa shape index (κ2) is 6.52. The summed E-state index contributed by atoms with van der Waals surface area (Å²) in [6, 6.07) is 0.0472. The van der Waals surface area contributed by atoms with Gasteiger partial charge in [0.15, 0.2) is 0 Å². The second-order valence-electron chi connectivity index (χ2n) is 7.62. The van der Waals surface area contributed by atoms with E-state index in [-0.39, 0.29) is 23.0 Å². The van der Waals surface area contributed by atoms with Crippen LogP contribution in [0.4, 0.5) is 0 Å². The van der Waals surface area contributed by atoms with Crippen molar-refractivity contribution in [3.63, 3.8) is 0 Å². The van der Waals surface area contributed by atoms with Crippen molar-refractivity contribution < 1.29 is 14.0 Å². The lowest BCUT2D eigenvalue weighted by Crippen LogP contribution is -2.44. The molecule has 0 bridgehead atoms. The highest BCUT2D eigenvalue weighted by Gasteiger charge is 2.41. The molecule has 0 spiro atoms. The summed E-state index contributed by atoms with van der Waals surface area (Å²) in [4.78, 5) is 14.0. The van der Waals surface area contributed by atoms with E-state index in [1.165, 1.54) is 7.11 Å². The third-order valence-corrected chi connectivity index (χ3v) is 9.15. The Kier molecular flexibility index (Phi) is 5.67. The first-order valence-electron chi connectivity index (χ1n) is 7.63. The highest BCUT2D eigenvalue weighted by molar-refractivity contribution is 6.74. The quantitative estimate of drug-likeness (QED) is 0.589. The van der Waals surface area contributed by atoms with E-state index in [4.69, 9.17) is 9.16 Å². The topological polar surface area (TPSA) is 38.8 Å². The fourth-order valence-electron chi connectivity index (χ4n) is 2.34. The number of rotatable bonds is 4. The lowest BCUT2D eigenvalue weighted by molar-refractivity contribution is -0.147. The lowest BCUT2D eigenvalue weighted by atomic mass is 9.88. The summed E-state index contributed by atoms with van der Waals surface area (Å²) < 4.78 is 11.3. The minimum atomic E-state index is -1.82. The van der Waals surface area contributed by atoms with Gasteiger partial charge in [0, 0.05) is 12.5 Å². The molecule has 0 fully saturated rings. The van der Waals surface area contributed by atoms with Crippen LogP contribution in [0, 0.1) is 5.92 Å². The average molecular weight is 314 g/mol.